The van der Waals surface area contributed by atoms with Crippen LogP contribution < -0.4 is 10.6 Å². The Morgan fingerprint density at radius 2 is 2.12 bits per heavy atom. The minimum atomic E-state index is -0.324. The highest BCUT2D eigenvalue weighted by molar-refractivity contribution is 7.13. The number of anilines is 2. The van der Waals surface area contributed by atoms with E-state index in [0.29, 0.717) is 16.5 Å². The van der Waals surface area contributed by atoms with Gasteiger partial charge in [0, 0.05) is 18.0 Å². The molecule has 1 aromatic carbocycles. The first-order valence-electron chi connectivity index (χ1n) is 9.11. The number of carbonyl (C=O) groups is 1. The van der Waals surface area contributed by atoms with Crippen LogP contribution in [0.4, 0.5) is 15.2 Å². The van der Waals surface area contributed by atoms with Crippen LogP contribution in [0, 0.1) is 5.82 Å². The fourth-order valence-electron chi connectivity index (χ4n) is 3.12. The molecular weight excluding hydrogens is 351 g/mol. The summed E-state index contributed by atoms with van der Waals surface area (Å²) in [6.45, 7) is 5.27. The molecule has 0 saturated carbocycles. The van der Waals surface area contributed by atoms with E-state index < -0.39 is 0 Å². The van der Waals surface area contributed by atoms with Crippen molar-refractivity contribution in [3.63, 3.8) is 0 Å². The molecule has 2 N–H and O–H groups in total. The first-order chi connectivity index (χ1) is 12.6. The van der Waals surface area contributed by atoms with Gasteiger partial charge in [0.15, 0.2) is 5.13 Å². The van der Waals surface area contributed by atoms with Gasteiger partial charge in [-0.2, -0.15) is 0 Å². The molecule has 2 heterocycles. The number of hydrogen-bond donors (Lipinski definition) is 2. The molecule has 1 aliphatic rings. The van der Waals surface area contributed by atoms with Crippen LogP contribution in [0.1, 0.15) is 31.9 Å². The van der Waals surface area contributed by atoms with Crippen molar-refractivity contribution in [2.24, 2.45) is 0 Å². The van der Waals surface area contributed by atoms with Gasteiger partial charge in [-0.15, -0.1) is 11.3 Å². The van der Waals surface area contributed by atoms with Crippen molar-refractivity contribution in [3.05, 3.63) is 41.2 Å². The SMILES string of the molecule is CCC(CN1CCCC1)NC(=O)Cc1csc(Nc2ccccc2F)n1. The zero-order chi connectivity index (χ0) is 18.4. The molecule has 1 aliphatic heterocycles. The van der Waals surface area contributed by atoms with E-state index in [1.807, 2.05) is 5.38 Å². The van der Waals surface area contributed by atoms with Crippen molar-refractivity contribution in [3.8, 4) is 0 Å². The van der Waals surface area contributed by atoms with Crippen LogP contribution in [-0.2, 0) is 11.2 Å². The second kappa shape index (κ2) is 9.09. The van der Waals surface area contributed by atoms with E-state index >= 15 is 0 Å². The Labute approximate surface area is 157 Å². The summed E-state index contributed by atoms with van der Waals surface area (Å²) in [5, 5.41) is 8.50. The zero-order valence-corrected chi connectivity index (χ0v) is 15.8. The molecule has 1 fully saturated rings. The van der Waals surface area contributed by atoms with Crippen LogP contribution >= 0.6 is 11.3 Å². The van der Waals surface area contributed by atoms with Crippen molar-refractivity contribution < 1.29 is 9.18 Å². The molecule has 140 valence electrons. The highest BCUT2D eigenvalue weighted by Gasteiger charge is 2.18. The molecule has 0 spiro atoms. The van der Waals surface area contributed by atoms with Gasteiger partial charge in [0.2, 0.25) is 5.91 Å². The number of thiazole rings is 1. The molecule has 5 nitrogen and oxygen atoms in total. The Morgan fingerprint density at radius 3 is 2.85 bits per heavy atom. The predicted octanol–water partition coefficient (Wildman–Crippen LogP) is 3.56. The lowest BCUT2D eigenvalue weighted by molar-refractivity contribution is -0.121. The minimum absolute atomic E-state index is 0.0150. The topological polar surface area (TPSA) is 57.3 Å². The van der Waals surface area contributed by atoms with E-state index in [0.717, 1.165) is 26.1 Å². The van der Waals surface area contributed by atoms with Crippen LogP contribution in [0.15, 0.2) is 29.6 Å². The maximum atomic E-state index is 13.7. The van der Waals surface area contributed by atoms with E-state index in [1.165, 1.54) is 30.2 Å². The number of para-hydroxylation sites is 1. The van der Waals surface area contributed by atoms with Gasteiger partial charge >= 0.3 is 0 Å². The Balaban J connectivity index is 1.51. The molecule has 2 aromatic rings. The zero-order valence-electron chi connectivity index (χ0n) is 15.0. The Hall–Kier alpha value is -1.99. The number of rotatable bonds is 8. The first-order valence-corrected chi connectivity index (χ1v) is 9.99. The highest BCUT2D eigenvalue weighted by atomic mass is 32.1. The average Bonchev–Trinajstić information content (AvgIpc) is 3.28. The summed E-state index contributed by atoms with van der Waals surface area (Å²) in [6, 6.07) is 6.64. The summed E-state index contributed by atoms with van der Waals surface area (Å²) < 4.78 is 13.7. The molecular formula is C19H25FN4OS. The quantitative estimate of drug-likeness (QED) is 0.740. The monoisotopic (exact) mass is 376 g/mol. The van der Waals surface area contributed by atoms with Crippen molar-refractivity contribution in [1.82, 2.24) is 15.2 Å². The van der Waals surface area contributed by atoms with E-state index in [2.05, 4.69) is 27.4 Å². The van der Waals surface area contributed by atoms with Crippen LogP contribution in [0.5, 0.6) is 0 Å². The maximum Gasteiger partial charge on any atom is 0.226 e. The second-order valence-corrected chi connectivity index (χ2v) is 7.46. The fourth-order valence-corrected chi connectivity index (χ4v) is 3.84. The lowest BCUT2D eigenvalue weighted by Crippen LogP contribution is -2.43. The molecule has 26 heavy (non-hydrogen) atoms. The summed E-state index contributed by atoms with van der Waals surface area (Å²) in [6.07, 6.45) is 3.66. The van der Waals surface area contributed by atoms with Crippen LogP contribution in [-0.4, -0.2) is 41.5 Å². The molecule has 1 amide bonds. The lowest BCUT2D eigenvalue weighted by atomic mass is 10.2. The number of carbonyl (C=O) groups excluding carboxylic acids is 1. The molecule has 0 aliphatic carbocycles. The van der Waals surface area contributed by atoms with Crippen molar-refractivity contribution in [2.45, 2.75) is 38.6 Å². The smallest absolute Gasteiger partial charge is 0.226 e. The van der Waals surface area contributed by atoms with Gasteiger partial charge < -0.3 is 15.5 Å². The Kier molecular flexibility index (Phi) is 6.57. The van der Waals surface area contributed by atoms with E-state index in [-0.39, 0.29) is 24.2 Å². The summed E-state index contributed by atoms with van der Waals surface area (Å²) in [5.74, 6) is -0.339. The average molecular weight is 377 g/mol. The highest BCUT2D eigenvalue weighted by Crippen LogP contribution is 2.23. The first kappa shape index (κ1) is 18.8. The van der Waals surface area contributed by atoms with Crippen molar-refractivity contribution in [2.75, 3.05) is 25.0 Å². The van der Waals surface area contributed by atoms with Crippen LogP contribution in [0.25, 0.3) is 0 Å². The maximum absolute atomic E-state index is 13.7. The van der Waals surface area contributed by atoms with Gasteiger partial charge in [-0.1, -0.05) is 19.1 Å². The summed E-state index contributed by atoms with van der Waals surface area (Å²) >= 11 is 1.37. The number of nitrogens with one attached hydrogen (secondary N) is 2. The summed E-state index contributed by atoms with van der Waals surface area (Å²) in [7, 11) is 0. The van der Waals surface area contributed by atoms with E-state index in [1.54, 1.807) is 18.2 Å². The molecule has 1 atom stereocenters. The number of benzene rings is 1. The summed E-state index contributed by atoms with van der Waals surface area (Å²) in [5.41, 5.74) is 1.08. The molecule has 0 bridgehead atoms. The number of likely N-dealkylation sites (tertiary alicyclic amines) is 1. The molecule has 0 radical (unpaired) electrons. The summed E-state index contributed by atoms with van der Waals surface area (Å²) in [4.78, 5) is 19.1. The van der Waals surface area contributed by atoms with Crippen molar-refractivity contribution >= 4 is 28.1 Å². The molecule has 1 unspecified atom stereocenters. The minimum Gasteiger partial charge on any atom is -0.352 e. The van der Waals surface area contributed by atoms with Gasteiger partial charge in [0.25, 0.3) is 0 Å². The molecule has 3 rings (SSSR count). The Bertz CT molecular complexity index is 730. The number of aromatic nitrogens is 1. The number of nitrogens with zero attached hydrogens (tertiary/aromatic N) is 2. The molecule has 7 heteroatoms. The van der Waals surface area contributed by atoms with Crippen molar-refractivity contribution in [1.29, 1.82) is 0 Å². The van der Waals surface area contributed by atoms with Crippen LogP contribution in [0.2, 0.25) is 0 Å². The van der Waals surface area contributed by atoms with Gasteiger partial charge in [0.05, 0.1) is 17.8 Å². The standard InChI is InChI=1S/C19H25FN4OS/c1-2-14(12-24-9-5-6-10-24)21-18(25)11-15-13-26-19(22-15)23-17-8-4-3-7-16(17)20/h3-4,7-8,13-14H,2,5-6,9-12H2,1H3,(H,21,25)(H,22,23). The third kappa shape index (κ3) is 5.25. The van der Waals surface area contributed by atoms with Gasteiger partial charge in [-0.05, 0) is 44.5 Å². The molecule has 1 aromatic heterocycles. The van der Waals surface area contributed by atoms with Gasteiger partial charge in [-0.3, -0.25) is 4.79 Å². The number of halogens is 1. The third-order valence-corrected chi connectivity index (χ3v) is 5.35. The molecule has 1 saturated heterocycles. The Morgan fingerprint density at radius 1 is 1.35 bits per heavy atom. The van der Waals surface area contributed by atoms with Gasteiger partial charge in [0.1, 0.15) is 5.82 Å². The second-order valence-electron chi connectivity index (χ2n) is 6.61. The number of hydrogen-bond acceptors (Lipinski definition) is 5. The fraction of sp³-hybridized carbons (Fsp3) is 0.474. The van der Waals surface area contributed by atoms with E-state index in [9.17, 15) is 9.18 Å². The van der Waals surface area contributed by atoms with Crippen LogP contribution in [0.3, 0.4) is 0 Å². The predicted molar refractivity (Wildman–Crippen MR) is 103 cm³/mol. The number of amides is 1. The third-order valence-electron chi connectivity index (χ3n) is 4.54. The van der Waals surface area contributed by atoms with Gasteiger partial charge in [-0.25, -0.2) is 9.37 Å². The van der Waals surface area contributed by atoms with E-state index in [4.69, 9.17) is 0 Å². The normalized spacial score (nSPS) is 15.8. The lowest BCUT2D eigenvalue weighted by Gasteiger charge is -2.23. The largest absolute Gasteiger partial charge is 0.352 e.